The quantitative estimate of drug-likeness (QED) is 0.197. The molecule has 0 saturated carbocycles. The Balaban J connectivity index is 0.00000417. The van der Waals surface area contributed by atoms with Crippen LogP contribution >= 0.6 is 0 Å². The van der Waals surface area contributed by atoms with E-state index in [1.54, 1.807) is 6.08 Å². The van der Waals surface area contributed by atoms with Gasteiger partial charge in [0.15, 0.2) is 6.79 Å². The molecule has 4 atom stereocenters. The molecule has 1 unspecified atom stereocenters. The fourth-order valence-electron chi connectivity index (χ4n) is 7.23. The number of carboxylic acid groups (broad SMARTS) is 1. The van der Waals surface area contributed by atoms with Crippen molar-refractivity contribution < 1.29 is 29.6 Å². The van der Waals surface area contributed by atoms with Gasteiger partial charge in [-0.1, -0.05) is 78.6 Å². The smallest absolute Gasteiger partial charge is 0.681 e. The molecule has 10 nitrogen and oxygen atoms in total. The van der Waals surface area contributed by atoms with Gasteiger partial charge in [0.1, 0.15) is 11.7 Å². The predicted octanol–water partition coefficient (Wildman–Crippen LogP) is 1.13. The van der Waals surface area contributed by atoms with Crippen LogP contribution in [0.2, 0.25) is 0 Å². The van der Waals surface area contributed by atoms with Crippen LogP contribution in [0.4, 0.5) is 0 Å². The summed E-state index contributed by atoms with van der Waals surface area (Å²) in [6.07, 6.45) is 8.51. The number of esters is 1. The standard InChI is InChI=1S/C35H36N4O6.Mg/c1-7-19-15(3)22-11-24-17(5)21(9-10-28(41)42)32(38-24)30-31(35(44)45-14-40)34(43)29-18(6)25(39-33(29)30)13-27-20(8-2)16(4)23(37-27)12-26(19)36-22;/h7,11-13,17,21,31-32,40,43H,1,8-10,14H2,2-6H3,(H,41,42);/q-4;+2/b23-12-,24-11-,27-13-;/t17-,21-,31+,32?;/m0./s1. The molecule has 6 rings (SSSR count). The number of aromatic nitrogens is 3. The first-order chi connectivity index (χ1) is 21.5. The fourth-order valence-corrected chi connectivity index (χ4v) is 7.23. The summed E-state index contributed by atoms with van der Waals surface area (Å²) < 4.78 is 5.01. The Morgan fingerprint density at radius 2 is 1.70 bits per heavy atom. The van der Waals surface area contributed by atoms with E-state index in [4.69, 9.17) is 25.0 Å². The Bertz CT molecular complexity index is 2050. The minimum Gasteiger partial charge on any atom is -0.681 e. The second-order valence-electron chi connectivity index (χ2n) is 12.0. The van der Waals surface area contributed by atoms with E-state index >= 15 is 0 Å². The first-order valence-corrected chi connectivity index (χ1v) is 15.2. The number of hydrogen-bond donors (Lipinski definition) is 3. The molecule has 46 heavy (non-hydrogen) atoms. The van der Waals surface area contributed by atoms with Crippen molar-refractivity contribution in [1.29, 1.82) is 0 Å². The van der Waals surface area contributed by atoms with Crippen LogP contribution in [0, 0.1) is 38.5 Å². The van der Waals surface area contributed by atoms with Crippen molar-refractivity contribution in [2.45, 2.75) is 59.9 Å². The molecule has 0 aromatic carbocycles. The number of carbonyl (C=O) groups excluding carboxylic acids is 1. The maximum atomic E-state index is 13.3. The van der Waals surface area contributed by atoms with Crippen LogP contribution in [0.15, 0.2) is 12.3 Å². The normalized spacial score (nSPS) is 23.7. The molecule has 0 radical (unpaired) electrons. The van der Waals surface area contributed by atoms with Gasteiger partial charge >= 0.3 is 35.0 Å². The number of fused-ring (bicyclic) bond motifs is 8. The molecule has 3 aliphatic rings. The van der Waals surface area contributed by atoms with Crippen molar-refractivity contribution in [2.75, 3.05) is 6.79 Å². The number of nitrogens with zero attached hydrogens (tertiary/aromatic N) is 4. The fraction of sp³-hybridized carbons (Fsp3) is 0.371. The van der Waals surface area contributed by atoms with Crippen molar-refractivity contribution in [1.82, 2.24) is 15.0 Å². The van der Waals surface area contributed by atoms with Crippen LogP contribution in [0.25, 0.3) is 41.0 Å². The Morgan fingerprint density at radius 1 is 1.00 bits per heavy atom. The number of aliphatic hydroxyl groups excluding tert-OH is 2. The van der Waals surface area contributed by atoms with Crippen molar-refractivity contribution in [2.24, 2.45) is 17.8 Å². The van der Waals surface area contributed by atoms with Gasteiger partial charge in [-0.25, -0.2) is 0 Å². The third-order valence-electron chi connectivity index (χ3n) is 9.68. The minimum atomic E-state index is -1.24. The van der Waals surface area contributed by atoms with Gasteiger partial charge in [0, 0.05) is 11.6 Å². The maximum absolute atomic E-state index is 13.3. The molecule has 1 fully saturated rings. The number of hydrogen-bond acceptors (Lipinski definition) is 5. The summed E-state index contributed by atoms with van der Waals surface area (Å²) in [4.78, 5) is 40.0. The monoisotopic (exact) mass is 632 g/mol. The molecule has 5 heterocycles. The third-order valence-corrected chi connectivity index (χ3v) is 9.68. The second kappa shape index (κ2) is 12.7. The van der Waals surface area contributed by atoms with E-state index in [0.717, 1.165) is 45.1 Å². The molecule has 2 aliphatic heterocycles. The molecule has 3 aromatic rings. The van der Waals surface area contributed by atoms with E-state index in [1.807, 2.05) is 45.9 Å². The van der Waals surface area contributed by atoms with E-state index < -0.39 is 30.7 Å². The number of aliphatic carboxylic acids is 1. The van der Waals surface area contributed by atoms with Crippen LogP contribution < -0.4 is 36.2 Å². The summed E-state index contributed by atoms with van der Waals surface area (Å²) in [5.41, 5.74) is 7.80. The summed E-state index contributed by atoms with van der Waals surface area (Å²) >= 11 is 0. The molecule has 1 saturated heterocycles. The molecule has 3 aromatic heterocycles. The Morgan fingerprint density at radius 3 is 2.35 bits per heavy atom. The molecule has 11 heteroatoms. The number of aliphatic hydroxyl groups is 2. The molecule has 3 N–H and O–H groups in total. The zero-order valence-electron chi connectivity index (χ0n) is 26.7. The first-order valence-electron chi connectivity index (χ1n) is 15.2. The average molecular weight is 633 g/mol. The van der Waals surface area contributed by atoms with E-state index in [1.165, 1.54) is 0 Å². The Labute approximate surface area is 282 Å². The Kier molecular flexibility index (Phi) is 9.22. The predicted molar refractivity (Wildman–Crippen MR) is 175 cm³/mol. The van der Waals surface area contributed by atoms with Gasteiger partial charge in [0.05, 0.1) is 0 Å². The number of carboxylic acids is 1. The molecule has 0 amide bonds. The van der Waals surface area contributed by atoms with E-state index in [2.05, 4.69) is 13.5 Å². The topological polar surface area (TPSA) is 160 Å². The minimum absolute atomic E-state index is 0. The largest absolute Gasteiger partial charge is 2.00 e. The van der Waals surface area contributed by atoms with Crippen LogP contribution in [-0.4, -0.2) is 63.1 Å². The van der Waals surface area contributed by atoms with Crippen LogP contribution in [-0.2, 0) is 20.7 Å². The summed E-state index contributed by atoms with van der Waals surface area (Å²) in [6.45, 7) is 13.1. The van der Waals surface area contributed by atoms with Crippen molar-refractivity contribution in [3.05, 3.63) is 83.8 Å². The number of rotatable bonds is 7. The van der Waals surface area contributed by atoms with Gasteiger partial charge in [-0.3, -0.25) is 9.59 Å². The average Bonchev–Trinajstić information content (AvgIpc) is 3.73. The molecule has 0 spiro atoms. The van der Waals surface area contributed by atoms with Crippen molar-refractivity contribution in [3.63, 3.8) is 0 Å². The third kappa shape index (κ3) is 5.24. The number of allylic oxidation sites excluding steroid dienone is 1. The van der Waals surface area contributed by atoms with Crippen LogP contribution in [0.5, 0.6) is 0 Å². The van der Waals surface area contributed by atoms with Crippen LogP contribution in [0.3, 0.4) is 0 Å². The van der Waals surface area contributed by atoms with Gasteiger partial charge in [0.2, 0.25) is 0 Å². The zero-order chi connectivity index (χ0) is 32.3. The zero-order valence-corrected chi connectivity index (χ0v) is 28.1. The summed E-state index contributed by atoms with van der Waals surface area (Å²) in [5.74, 6) is -3.74. The van der Waals surface area contributed by atoms with E-state index in [0.29, 0.717) is 38.8 Å². The molecular weight excluding hydrogens is 597 g/mol. The molecular formula is C35H36MgN4O6-2. The summed E-state index contributed by atoms with van der Waals surface area (Å²) in [5, 5.41) is 38.2. The SMILES string of the molecule is C=Cc1c2[n-]c(c1C)/C=C1\[N-]C(C3=c4[n-]c(c(C)c4=C(O)[C@@H]3C(=O)OCO)/C=c3\[n-]/c(c(C)c3CC)=C\2)[C@@H](CCC(=O)O)[C@@H]1C.[Mg+2]. The van der Waals surface area contributed by atoms with Gasteiger partial charge in [-0.05, 0) is 51.0 Å². The molecule has 1 aliphatic carbocycles. The van der Waals surface area contributed by atoms with Crippen molar-refractivity contribution >= 4 is 70.6 Å². The summed E-state index contributed by atoms with van der Waals surface area (Å²) in [7, 11) is 0. The van der Waals surface area contributed by atoms with Gasteiger partial charge in [0.25, 0.3) is 0 Å². The maximum Gasteiger partial charge on any atom is 2.00 e. The van der Waals surface area contributed by atoms with Gasteiger partial charge in [-0.15, -0.1) is 33.1 Å². The van der Waals surface area contributed by atoms with E-state index in [9.17, 15) is 24.9 Å². The van der Waals surface area contributed by atoms with Gasteiger partial charge < -0.3 is 40.3 Å². The van der Waals surface area contributed by atoms with Gasteiger partial charge in [-0.2, -0.15) is 5.70 Å². The second-order valence-corrected chi connectivity index (χ2v) is 12.0. The number of carbonyl (C=O) groups is 2. The van der Waals surface area contributed by atoms with Crippen molar-refractivity contribution in [3.8, 4) is 0 Å². The first kappa shape index (κ1) is 33.4. The molecule has 8 bridgehead atoms. The molecule has 236 valence electrons. The van der Waals surface area contributed by atoms with E-state index in [-0.39, 0.29) is 53.5 Å². The van der Waals surface area contributed by atoms with Crippen LogP contribution in [0.1, 0.15) is 71.6 Å². The summed E-state index contributed by atoms with van der Waals surface area (Å²) in [6, 6.07) is -0.683. The Hall–Kier alpha value is -3.93. The number of ether oxygens (including phenoxy) is 1.